The van der Waals surface area contributed by atoms with Crippen LogP contribution in [0.25, 0.3) is 6.08 Å². The molecule has 1 aromatic heterocycles. The van der Waals surface area contributed by atoms with Crippen LogP contribution in [0.4, 0.5) is 4.79 Å². The van der Waals surface area contributed by atoms with E-state index in [9.17, 15) is 4.79 Å². The van der Waals surface area contributed by atoms with Gasteiger partial charge >= 0.3 is 13.2 Å². The summed E-state index contributed by atoms with van der Waals surface area (Å²) >= 11 is 0. The molecule has 0 bridgehead atoms. The SMILES string of the molecule is CC1(C)OB(c2cncc(C=CCCNC(=O)OCc3ccccc3)c2)OC1(C)C. The van der Waals surface area contributed by atoms with Crippen molar-refractivity contribution in [2.75, 3.05) is 6.54 Å². The van der Waals surface area contributed by atoms with Gasteiger partial charge in [-0.05, 0) is 45.2 Å². The molecule has 0 unspecified atom stereocenters. The van der Waals surface area contributed by atoms with Crippen LogP contribution in [0, 0.1) is 0 Å². The standard InChI is InChI=1S/C23H29BN2O4/c1-22(2)23(3,4)30-24(29-22)20-14-19(15-25-16-20)12-8-9-13-26-21(27)28-17-18-10-6-5-7-11-18/h5-8,10-12,14-16H,9,13,17H2,1-4H3,(H,26,27). The van der Waals surface area contributed by atoms with Crippen molar-refractivity contribution in [3.8, 4) is 0 Å². The van der Waals surface area contributed by atoms with Gasteiger partial charge in [-0.1, -0.05) is 48.6 Å². The normalized spacial score (nSPS) is 17.3. The van der Waals surface area contributed by atoms with Gasteiger partial charge < -0.3 is 19.4 Å². The molecule has 0 radical (unpaired) electrons. The average molecular weight is 408 g/mol. The van der Waals surface area contributed by atoms with Crippen molar-refractivity contribution in [2.45, 2.75) is 51.9 Å². The molecule has 3 rings (SSSR count). The van der Waals surface area contributed by atoms with Crippen LogP contribution in [0.3, 0.4) is 0 Å². The first-order valence-corrected chi connectivity index (χ1v) is 10.2. The zero-order valence-corrected chi connectivity index (χ0v) is 18.1. The van der Waals surface area contributed by atoms with E-state index in [1.54, 1.807) is 12.4 Å². The van der Waals surface area contributed by atoms with Crippen LogP contribution in [-0.4, -0.2) is 35.9 Å². The summed E-state index contributed by atoms with van der Waals surface area (Å²) < 4.78 is 17.4. The summed E-state index contributed by atoms with van der Waals surface area (Å²) in [5.41, 5.74) is 2.03. The zero-order valence-electron chi connectivity index (χ0n) is 18.1. The first kappa shape index (κ1) is 22.1. The number of hydrogen-bond donors (Lipinski definition) is 1. The van der Waals surface area contributed by atoms with E-state index in [0.717, 1.165) is 16.6 Å². The Hall–Kier alpha value is -2.64. The van der Waals surface area contributed by atoms with Crippen molar-refractivity contribution < 1.29 is 18.8 Å². The van der Waals surface area contributed by atoms with E-state index in [-0.39, 0.29) is 17.8 Å². The first-order valence-electron chi connectivity index (χ1n) is 10.2. The molecule has 1 amide bonds. The van der Waals surface area contributed by atoms with Gasteiger partial charge in [0.2, 0.25) is 0 Å². The molecule has 1 aliphatic rings. The van der Waals surface area contributed by atoms with Crippen molar-refractivity contribution in [2.24, 2.45) is 0 Å². The molecule has 2 aromatic rings. The molecule has 1 N–H and O–H groups in total. The zero-order chi connectivity index (χ0) is 21.6. The predicted molar refractivity (Wildman–Crippen MR) is 118 cm³/mol. The van der Waals surface area contributed by atoms with Crippen LogP contribution in [-0.2, 0) is 20.7 Å². The Labute approximate surface area is 178 Å². The van der Waals surface area contributed by atoms with E-state index in [1.165, 1.54) is 0 Å². The van der Waals surface area contributed by atoms with Gasteiger partial charge in [0, 0.05) is 24.4 Å². The quantitative estimate of drug-likeness (QED) is 0.559. The summed E-state index contributed by atoms with van der Waals surface area (Å²) in [4.78, 5) is 16.1. The molecule has 1 saturated heterocycles. The van der Waals surface area contributed by atoms with Gasteiger partial charge in [-0.3, -0.25) is 4.98 Å². The van der Waals surface area contributed by atoms with Gasteiger partial charge in [0.05, 0.1) is 11.2 Å². The third kappa shape index (κ3) is 5.71. The van der Waals surface area contributed by atoms with Gasteiger partial charge in [-0.2, -0.15) is 0 Å². The molecule has 1 aliphatic heterocycles. The van der Waals surface area contributed by atoms with Crippen molar-refractivity contribution in [1.82, 2.24) is 10.3 Å². The van der Waals surface area contributed by atoms with Crippen molar-refractivity contribution in [3.05, 3.63) is 66.0 Å². The molecule has 1 aromatic carbocycles. The van der Waals surface area contributed by atoms with E-state index >= 15 is 0 Å². The Morgan fingerprint density at radius 1 is 1.13 bits per heavy atom. The number of pyridine rings is 1. The van der Waals surface area contributed by atoms with Crippen LogP contribution >= 0.6 is 0 Å². The van der Waals surface area contributed by atoms with E-state index in [2.05, 4.69) is 10.3 Å². The summed E-state index contributed by atoms with van der Waals surface area (Å²) in [6.07, 6.45) is 7.77. The highest BCUT2D eigenvalue weighted by atomic mass is 16.7. The summed E-state index contributed by atoms with van der Waals surface area (Å²) in [5.74, 6) is 0. The fourth-order valence-corrected chi connectivity index (χ4v) is 2.93. The Bertz CT molecular complexity index is 868. The lowest BCUT2D eigenvalue weighted by molar-refractivity contribution is 0.00578. The van der Waals surface area contributed by atoms with Crippen LogP contribution in [0.5, 0.6) is 0 Å². The molecule has 30 heavy (non-hydrogen) atoms. The number of aromatic nitrogens is 1. The fourth-order valence-electron chi connectivity index (χ4n) is 2.93. The predicted octanol–water partition coefficient (Wildman–Crippen LogP) is 3.71. The number of ether oxygens (including phenoxy) is 1. The van der Waals surface area contributed by atoms with Crippen molar-refractivity contribution in [1.29, 1.82) is 0 Å². The van der Waals surface area contributed by atoms with Crippen LogP contribution in [0.2, 0.25) is 0 Å². The van der Waals surface area contributed by atoms with E-state index in [4.69, 9.17) is 14.0 Å². The minimum atomic E-state index is -0.433. The Kier molecular flexibility index (Phi) is 6.95. The summed E-state index contributed by atoms with van der Waals surface area (Å²) in [7, 11) is -0.433. The second kappa shape index (κ2) is 9.45. The molecular weight excluding hydrogens is 379 g/mol. The number of hydrogen-bond acceptors (Lipinski definition) is 5. The highest BCUT2D eigenvalue weighted by Gasteiger charge is 2.51. The van der Waals surface area contributed by atoms with Gasteiger partial charge in [0.25, 0.3) is 0 Å². The summed E-state index contributed by atoms with van der Waals surface area (Å²) in [6, 6.07) is 11.6. The molecule has 1 fully saturated rings. The monoisotopic (exact) mass is 408 g/mol. The third-order valence-electron chi connectivity index (χ3n) is 5.41. The van der Waals surface area contributed by atoms with Crippen molar-refractivity contribution >= 4 is 24.8 Å². The lowest BCUT2D eigenvalue weighted by Crippen LogP contribution is -2.41. The number of nitrogens with zero attached hydrogens (tertiary/aromatic N) is 1. The lowest BCUT2D eigenvalue weighted by atomic mass is 9.80. The van der Waals surface area contributed by atoms with Crippen LogP contribution in [0.1, 0.15) is 45.2 Å². The Morgan fingerprint density at radius 3 is 2.53 bits per heavy atom. The first-order chi connectivity index (χ1) is 14.3. The number of carbonyl (C=O) groups is 1. The second-order valence-electron chi connectivity index (χ2n) is 8.32. The third-order valence-corrected chi connectivity index (χ3v) is 5.41. The Morgan fingerprint density at radius 2 is 1.83 bits per heavy atom. The minimum Gasteiger partial charge on any atom is -0.445 e. The molecule has 6 nitrogen and oxygen atoms in total. The maximum Gasteiger partial charge on any atom is 0.496 e. The summed E-state index contributed by atoms with van der Waals surface area (Å²) in [5, 5.41) is 2.75. The van der Waals surface area contributed by atoms with E-state index in [0.29, 0.717) is 13.0 Å². The highest BCUT2D eigenvalue weighted by molar-refractivity contribution is 6.62. The topological polar surface area (TPSA) is 69.7 Å². The molecule has 158 valence electrons. The van der Waals surface area contributed by atoms with Crippen molar-refractivity contribution in [3.63, 3.8) is 0 Å². The minimum absolute atomic E-state index is 0.264. The number of amides is 1. The lowest BCUT2D eigenvalue weighted by Gasteiger charge is -2.32. The second-order valence-corrected chi connectivity index (χ2v) is 8.32. The van der Waals surface area contributed by atoms with Gasteiger partial charge in [0.1, 0.15) is 6.61 Å². The number of alkyl carbamates (subject to hydrolysis) is 1. The average Bonchev–Trinajstić information content (AvgIpc) is 2.94. The highest BCUT2D eigenvalue weighted by Crippen LogP contribution is 2.36. The molecule has 0 aliphatic carbocycles. The Balaban J connectivity index is 1.43. The number of nitrogens with one attached hydrogen (secondary N) is 1. The van der Waals surface area contributed by atoms with Gasteiger partial charge in [-0.15, -0.1) is 0 Å². The number of carbonyl (C=O) groups excluding carboxylic acids is 1. The maximum atomic E-state index is 11.8. The molecule has 0 spiro atoms. The molecule has 0 saturated carbocycles. The number of rotatable bonds is 7. The smallest absolute Gasteiger partial charge is 0.445 e. The van der Waals surface area contributed by atoms with Gasteiger partial charge in [-0.25, -0.2) is 4.79 Å². The van der Waals surface area contributed by atoms with E-state index < -0.39 is 13.2 Å². The number of benzene rings is 1. The van der Waals surface area contributed by atoms with Gasteiger partial charge in [0.15, 0.2) is 0 Å². The summed E-state index contributed by atoms with van der Waals surface area (Å²) in [6.45, 7) is 8.88. The maximum absolute atomic E-state index is 11.8. The molecular formula is C23H29BN2O4. The van der Waals surface area contributed by atoms with Crippen LogP contribution < -0.4 is 10.8 Å². The largest absolute Gasteiger partial charge is 0.496 e. The van der Waals surface area contributed by atoms with Crippen LogP contribution in [0.15, 0.2) is 54.9 Å². The molecule has 2 heterocycles. The fraction of sp³-hybridized carbons (Fsp3) is 0.391. The van der Waals surface area contributed by atoms with E-state index in [1.807, 2.05) is 76.2 Å². The molecule has 0 atom stereocenters. The molecule has 7 heteroatoms.